The summed E-state index contributed by atoms with van der Waals surface area (Å²) in [5, 5.41) is 18.5. The van der Waals surface area contributed by atoms with Crippen molar-refractivity contribution in [3.8, 4) is 0 Å². The molecule has 0 fully saturated rings. The predicted octanol–water partition coefficient (Wildman–Crippen LogP) is 1.16. The van der Waals surface area contributed by atoms with Crippen molar-refractivity contribution in [2.75, 3.05) is 6.61 Å². The first kappa shape index (κ1) is 13.2. The van der Waals surface area contributed by atoms with Crippen molar-refractivity contribution in [2.45, 2.75) is 51.7 Å². The van der Waals surface area contributed by atoms with Gasteiger partial charge in [-0.1, -0.05) is 6.42 Å². The standard InChI is InChI=1S/C12H20O4/c1-8-10(7-16-12(8)15)5-3-4-6-11(14)9(2)13/h9,11,13-14H,3-7H2,1-2H3. The Bertz CT molecular complexity index is 281. The number of esters is 1. The summed E-state index contributed by atoms with van der Waals surface area (Å²) >= 11 is 0. The summed E-state index contributed by atoms with van der Waals surface area (Å²) in [6.07, 6.45) is 1.88. The van der Waals surface area contributed by atoms with E-state index >= 15 is 0 Å². The lowest BCUT2D eigenvalue weighted by Gasteiger charge is -2.12. The van der Waals surface area contributed by atoms with E-state index in [0.717, 1.165) is 30.4 Å². The van der Waals surface area contributed by atoms with Gasteiger partial charge in [0, 0.05) is 5.57 Å². The number of aliphatic hydroxyl groups excluding tert-OH is 2. The molecule has 0 radical (unpaired) electrons. The maximum Gasteiger partial charge on any atom is 0.334 e. The van der Waals surface area contributed by atoms with Crippen LogP contribution in [0.1, 0.15) is 39.5 Å². The first-order valence-corrected chi connectivity index (χ1v) is 5.74. The fourth-order valence-electron chi connectivity index (χ4n) is 1.71. The van der Waals surface area contributed by atoms with Crippen LogP contribution in [0.3, 0.4) is 0 Å². The number of ether oxygens (including phenoxy) is 1. The van der Waals surface area contributed by atoms with Crippen LogP contribution in [0.5, 0.6) is 0 Å². The van der Waals surface area contributed by atoms with Gasteiger partial charge in [0.15, 0.2) is 0 Å². The largest absolute Gasteiger partial charge is 0.458 e. The first-order valence-electron chi connectivity index (χ1n) is 5.74. The Balaban J connectivity index is 2.19. The van der Waals surface area contributed by atoms with Gasteiger partial charge < -0.3 is 14.9 Å². The fraction of sp³-hybridized carbons (Fsp3) is 0.750. The zero-order valence-electron chi connectivity index (χ0n) is 9.90. The quantitative estimate of drug-likeness (QED) is 0.529. The van der Waals surface area contributed by atoms with E-state index in [-0.39, 0.29) is 5.97 Å². The molecule has 1 heterocycles. The summed E-state index contributed by atoms with van der Waals surface area (Å²) in [4.78, 5) is 11.1. The van der Waals surface area contributed by atoms with Crippen LogP contribution in [0.4, 0.5) is 0 Å². The van der Waals surface area contributed by atoms with Crippen LogP contribution in [0, 0.1) is 0 Å². The van der Waals surface area contributed by atoms with Crippen molar-refractivity contribution in [2.24, 2.45) is 0 Å². The van der Waals surface area contributed by atoms with Gasteiger partial charge in [-0.25, -0.2) is 4.79 Å². The molecule has 1 rings (SSSR count). The van der Waals surface area contributed by atoms with E-state index in [1.165, 1.54) is 0 Å². The highest BCUT2D eigenvalue weighted by Gasteiger charge is 2.20. The average molecular weight is 228 g/mol. The maximum atomic E-state index is 11.1. The summed E-state index contributed by atoms with van der Waals surface area (Å²) in [5.74, 6) is -0.209. The van der Waals surface area contributed by atoms with Gasteiger partial charge in [-0.05, 0) is 38.7 Å². The van der Waals surface area contributed by atoms with Crippen molar-refractivity contribution in [1.29, 1.82) is 0 Å². The van der Waals surface area contributed by atoms with Crippen molar-refractivity contribution < 1.29 is 19.7 Å². The van der Waals surface area contributed by atoms with Crippen LogP contribution in [0.2, 0.25) is 0 Å². The number of rotatable bonds is 6. The van der Waals surface area contributed by atoms with E-state index in [1.807, 2.05) is 0 Å². The lowest BCUT2D eigenvalue weighted by atomic mass is 10.0. The van der Waals surface area contributed by atoms with Crippen molar-refractivity contribution in [1.82, 2.24) is 0 Å². The Morgan fingerprint density at radius 2 is 2.06 bits per heavy atom. The number of cyclic esters (lactones) is 1. The van der Waals surface area contributed by atoms with E-state index in [1.54, 1.807) is 13.8 Å². The maximum absolute atomic E-state index is 11.1. The van der Waals surface area contributed by atoms with E-state index in [4.69, 9.17) is 9.84 Å². The number of unbranched alkanes of at least 4 members (excludes halogenated alkanes) is 1. The molecule has 1 aliphatic rings. The highest BCUT2D eigenvalue weighted by molar-refractivity contribution is 5.90. The summed E-state index contributed by atoms with van der Waals surface area (Å²) in [6, 6.07) is 0. The molecule has 2 unspecified atom stereocenters. The summed E-state index contributed by atoms with van der Waals surface area (Å²) in [5.41, 5.74) is 1.80. The van der Waals surface area contributed by atoms with Gasteiger partial charge in [0.1, 0.15) is 6.61 Å². The van der Waals surface area contributed by atoms with Crippen LogP contribution < -0.4 is 0 Å². The minimum atomic E-state index is -0.669. The number of carbonyl (C=O) groups excluding carboxylic acids is 1. The third-order valence-electron chi connectivity index (χ3n) is 3.00. The molecule has 0 aromatic heterocycles. The normalized spacial score (nSPS) is 19.9. The molecule has 2 N–H and O–H groups in total. The molecule has 0 amide bonds. The zero-order valence-corrected chi connectivity index (χ0v) is 9.90. The van der Waals surface area contributed by atoms with Gasteiger partial charge in [0.25, 0.3) is 0 Å². The van der Waals surface area contributed by atoms with Crippen molar-refractivity contribution in [3.05, 3.63) is 11.1 Å². The summed E-state index contributed by atoms with van der Waals surface area (Å²) < 4.78 is 4.89. The molecule has 16 heavy (non-hydrogen) atoms. The predicted molar refractivity (Wildman–Crippen MR) is 59.8 cm³/mol. The molecule has 2 atom stereocenters. The smallest absolute Gasteiger partial charge is 0.334 e. The van der Waals surface area contributed by atoms with Crippen LogP contribution >= 0.6 is 0 Å². The van der Waals surface area contributed by atoms with Crippen LogP contribution in [-0.4, -0.2) is 35.0 Å². The molecule has 0 saturated carbocycles. The molecular weight excluding hydrogens is 208 g/mol. The minimum Gasteiger partial charge on any atom is -0.458 e. The van der Waals surface area contributed by atoms with Gasteiger partial charge in [-0.3, -0.25) is 0 Å². The third-order valence-corrected chi connectivity index (χ3v) is 3.00. The van der Waals surface area contributed by atoms with Crippen molar-refractivity contribution >= 4 is 5.97 Å². The van der Waals surface area contributed by atoms with E-state index in [0.29, 0.717) is 13.0 Å². The molecule has 1 aliphatic heterocycles. The molecule has 0 spiro atoms. The second-order valence-electron chi connectivity index (χ2n) is 4.36. The lowest BCUT2D eigenvalue weighted by molar-refractivity contribution is -0.135. The molecule has 0 aromatic carbocycles. The van der Waals surface area contributed by atoms with E-state index in [9.17, 15) is 9.90 Å². The van der Waals surface area contributed by atoms with Gasteiger partial charge >= 0.3 is 5.97 Å². The highest BCUT2D eigenvalue weighted by atomic mass is 16.5. The van der Waals surface area contributed by atoms with Gasteiger partial charge in [0.2, 0.25) is 0 Å². The van der Waals surface area contributed by atoms with Gasteiger partial charge in [-0.2, -0.15) is 0 Å². The number of aliphatic hydroxyl groups is 2. The van der Waals surface area contributed by atoms with Crippen LogP contribution in [0.25, 0.3) is 0 Å². The molecule has 0 bridgehead atoms. The molecule has 0 saturated heterocycles. The Morgan fingerprint density at radius 3 is 2.56 bits per heavy atom. The Morgan fingerprint density at radius 1 is 1.38 bits per heavy atom. The number of hydrogen-bond acceptors (Lipinski definition) is 4. The summed E-state index contributed by atoms with van der Waals surface area (Å²) in [7, 11) is 0. The molecule has 0 aromatic rings. The summed E-state index contributed by atoms with van der Waals surface area (Å²) in [6.45, 7) is 3.79. The Hall–Kier alpha value is -0.870. The van der Waals surface area contributed by atoms with Crippen LogP contribution in [-0.2, 0) is 9.53 Å². The molecule has 4 nitrogen and oxygen atoms in total. The van der Waals surface area contributed by atoms with E-state index in [2.05, 4.69) is 0 Å². The number of hydrogen-bond donors (Lipinski definition) is 2. The molecule has 92 valence electrons. The van der Waals surface area contributed by atoms with Gasteiger partial charge in [-0.15, -0.1) is 0 Å². The van der Waals surface area contributed by atoms with Gasteiger partial charge in [0.05, 0.1) is 12.2 Å². The molecule has 0 aliphatic carbocycles. The number of carbonyl (C=O) groups is 1. The monoisotopic (exact) mass is 228 g/mol. The Labute approximate surface area is 95.9 Å². The minimum absolute atomic E-state index is 0.209. The van der Waals surface area contributed by atoms with E-state index < -0.39 is 12.2 Å². The fourth-order valence-corrected chi connectivity index (χ4v) is 1.71. The first-order chi connectivity index (χ1) is 7.52. The zero-order chi connectivity index (χ0) is 12.1. The molecule has 4 heteroatoms. The van der Waals surface area contributed by atoms with Crippen LogP contribution in [0.15, 0.2) is 11.1 Å². The lowest BCUT2D eigenvalue weighted by Crippen LogP contribution is -2.21. The third kappa shape index (κ3) is 3.61. The average Bonchev–Trinajstić information content (AvgIpc) is 2.55. The van der Waals surface area contributed by atoms with Crippen molar-refractivity contribution in [3.63, 3.8) is 0 Å². The highest BCUT2D eigenvalue weighted by Crippen LogP contribution is 2.21. The Kier molecular flexibility index (Phi) is 4.96. The second-order valence-corrected chi connectivity index (χ2v) is 4.36. The second kappa shape index (κ2) is 6.01. The molecular formula is C12H20O4. The topological polar surface area (TPSA) is 66.8 Å². The SMILES string of the molecule is CC1=C(CCCCC(O)C(C)O)COC1=O.